The summed E-state index contributed by atoms with van der Waals surface area (Å²) in [6.07, 6.45) is 3.45. The summed E-state index contributed by atoms with van der Waals surface area (Å²) in [5.74, 6) is -0.201. The van der Waals surface area contributed by atoms with Gasteiger partial charge in [-0.05, 0) is 6.92 Å². The van der Waals surface area contributed by atoms with E-state index >= 15 is 0 Å². The Balaban J connectivity index is 2.52. The Labute approximate surface area is 93.0 Å². The smallest absolute Gasteiger partial charge is 0.271 e. The van der Waals surface area contributed by atoms with Crippen molar-refractivity contribution in [3.8, 4) is 0 Å². The Morgan fingerprint density at radius 1 is 1.81 bits per heavy atom. The molecule has 0 saturated heterocycles. The molecule has 88 valence electrons. The zero-order chi connectivity index (χ0) is 12.1. The summed E-state index contributed by atoms with van der Waals surface area (Å²) in [6, 6.07) is -0.217. The van der Waals surface area contributed by atoms with Crippen LogP contribution in [-0.2, 0) is 7.05 Å². The van der Waals surface area contributed by atoms with Gasteiger partial charge in [-0.25, -0.2) is 4.98 Å². The number of nitrogens with one attached hydrogen (secondary N) is 1. The molecule has 4 N–H and O–H groups in total. The van der Waals surface area contributed by atoms with Gasteiger partial charge in [0.25, 0.3) is 5.91 Å². The molecule has 16 heavy (non-hydrogen) atoms. The van der Waals surface area contributed by atoms with Crippen molar-refractivity contribution in [1.29, 1.82) is 0 Å². The molecule has 0 aliphatic rings. The molecule has 1 atom stereocenters. The fourth-order valence-electron chi connectivity index (χ4n) is 1.23. The standard InChI is InChI=1S/C9H15N5O2/c1-6(3-8(10)13-16)12-9(15)7-4-14(2)5-11-7/h4-6,16H,3H2,1-2H3,(H2,10,13)(H,12,15). The van der Waals surface area contributed by atoms with Crippen molar-refractivity contribution in [2.45, 2.75) is 19.4 Å². The van der Waals surface area contributed by atoms with Crippen molar-refractivity contribution in [3.63, 3.8) is 0 Å². The first kappa shape index (κ1) is 12.0. The van der Waals surface area contributed by atoms with Crippen LogP contribution in [0.1, 0.15) is 23.8 Å². The number of carbonyl (C=O) groups is 1. The van der Waals surface area contributed by atoms with Crippen LogP contribution < -0.4 is 11.1 Å². The summed E-state index contributed by atoms with van der Waals surface area (Å²) >= 11 is 0. The average Bonchev–Trinajstić information content (AvgIpc) is 2.64. The van der Waals surface area contributed by atoms with Crippen LogP contribution in [0.25, 0.3) is 0 Å². The second kappa shape index (κ2) is 5.15. The third-order valence-corrected chi connectivity index (χ3v) is 1.96. The zero-order valence-electron chi connectivity index (χ0n) is 9.21. The van der Waals surface area contributed by atoms with E-state index < -0.39 is 0 Å². The summed E-state index contributed by atoms with van der Waals surface area (Å²) in [4.78, 5) is 15.5. The second-order valence-corrected chi connectivity index (χ2v) is 3.59. The highest BCUT2D eigenvalue weighted by molar-refractivity contribution is 5.92. The van der Waals surface area contributed by atoms with Crippen molar-refractivity contribution < 1.29 is 10.0 Å². The molecular weight excluding hydrogens is 210 g/mol. The van der Waals surface area contributed by atoms with Crippen LogP contribution >= 0.6 is 0 Å². The Morgan fingerprint density at radius 2 is 2.50 bits per heavy atom. The van der Waals surface area contributed by atoms with Crippen LogP contribution in [0.5, 0.6) is 0 Å². The van der Waals surface area contributed by atoms with Crippen LogP contribution in [0.15, 0.2) is 17.7 Å². The summed E-state index contributed by atoms with van der Waals surface area (Å²) in [5, 5.41) is 13.9. The van der Waals surface area contributed by atoms with E-state index in [9.17, 15) is 4.79 Å². The lowest BCUT2D eigenvalue weighted by molar-refractivity contribution is 0.0936. The number of aromatic nitrogens is 2. The number of imidazole rings is 1. The Morgan fingerprint density at radius 3 is 3.00 bits per heavy atom. The van der Waals surface area contributed by atoms with Gasteiger partial charge >= 0.3 is 0 Å². The van der Waals surface area contributed by atoms with E-state index in [1.54, 1.807) is 31.1 Å². The van der Waals surface area contributed by atoms with Gasteiger partial charge in [-0.15, -0.1) is 0 Å². The number of rotatable bonds is 4. The van der Waals surface area contributed by atoms with Crippen LogP contribution in [0, 0.1) is 0 Å². The lowest BCUT2D eigenvalue weighted by Crippen LogP contribution is -2.36. The fraction of sp³-hybridized carbons (Fsp3) is 0.444. The number of hydrogen-bond donors (Lipinski definition) is 3. The molecule has 1 aromatic rings. The lowest BCUT2D eigenvalue weighted by atomic mass is 10.2. The second-order valence-electron chi connectivity index (χ2n) is 3.59. The topological polar surface area (TPSA) is 106 Å². The molecule has 0 aliphatic carbocycles. The normalized spacial score (nSPS) is 13.5. The first-order valence-corrected chi connectivity index (χ1v) is 4.78. The van der Waals surface area contributed by atoms with Crippen molar-refractivity contribution in [1.82, 2.24) is 14.9 Å². The SMILES string of the molecule is CC(CC(N)=NO)NC(=O)c1cn(C)cn1. The lowest BCUT2D eigenvalue weighted by Gasteiger charge is -2.11. The molecule has 1 amide bonds. The molecule has 0 spiro atoms. The number of nitrogens with two attached hydrogens (primary N) is 1. The van der Waals surface area contributed by atoms with E-state index in [-0.39, 0.29) is 24.2 Å². The number of amidine groups is 1. The molecule has 0 saturated carbocycles. The van der Waals surface area contributed by atoms with Gasteiger partial charge in [0.05, 0.1) is 6.33 Å². The van der Waals surface area contributed by atoms with Crippen LogP contribution in [0.3, 0.4) is 0 Å². The zero-order valence-corrected chi connectivity index (χ0v) is 9.21. The van der Waals surface area contributed by atoms with Gasteiger partial charge in [-0.1, -0.05) is 5.16 Å². The Hall–Kier alpha value is -2.05. The number of nitrogens with zero attached hydrogens (tertiary/aromatic N) is 3. The van der Waals surface area contributed by atoms with E-state index in [1.807, 2.05) is 0 Å². The average molecular weight is 225 g/mol. The van der Waals surface area contributed by atoms with Gasteiger partial charge in [-0.2, -0.15) is 0 Å². The third-order valence-electron chi connectivity index (χ3n) is 1.96. The summed E-state index contributed by atoms with van der Waals surface area (Å²) < 4.78 is 1.68. The quantitative estimate of drug-likeness (QED) is 0.282. The predicted molar refractivity (Wildman–Crippen MR) is 58.2 cm³/mol. The van der Waals surface area contributed by atoms with E-state index in [1.165, 1.54) is 0 Å². The van der Waals surface area contributed by atoms with Gasteiger partial charge in [0, 0.05) is 25.7 Å². The number of aryl methyl sites for hydroxylation is 1. The van der Waals surface area contributed by atoms with Gasteiger partial charge in [-0.3, -0.25) is 4.79 Å². The molecule has 1 unspecified atom stereocenters. The Bertz CT molecular complexity index is 398. The maximum absolute atomic E-state index is 11.6. The maximum Gasteiger partial charge on any atom is 0.271 e. The van der Waals surface area contributed by atoms with Gasteiger partial charge < -0.3 is 20.8 Å². The minimum absolute atomic E-state index is 0.0776. The third kappa shape index (κ3) is 3.26. The van der Waals surface area contributed by atoms with E-state index in [4.69, 9.17) is 10.9 Å². The summed E-state index contributed by atoms with van der Waals surface area (Å²) in [7, 11) is 1.78. The number of carbonyl (C=O) groups excluding carboxylic acids is 1. The molecule has 1 rings (SSSR count). The Kier molecular flexibility index (Phi) is 3.87. The molecule has 0 aromatic carbocycles. The molecular formula is C9H15N5O2. The molecule has 0 aliphatic heterocycles. The summed E-state index contributed by atoms with van der Waals surface area (Å²) in [5.41, 5.74) is 5.66. The molecule has 1 heterocycles. The van der Waals surface area contributed by atoms with Crippen LogP contribution in [-0.4, -0.2) is 32.5 Å². The van der Waals surface area contributed by atoms with Crippen LogP contribution in [0.4, 0.5) is 0 Å². The van der Waals surface area contributed by atoms with Gasteiger partial charge in [0.15, 0.2) is 0 Å². The fourth-order valence-corrected chi connectivity index (χ4v) is 1.23. The minimum Gasteiger partial charge on any atom is -0.409 e. The molecule has 1 aromatic heterocycles. The van der Waals surface area contributed by atoms with E-state index in [0.717, 1.165) is 0 Å². The maximum atomic E-state index is 11.6. The predicted octanol–water partition coefficient (Wildman–Crippen LogP) is -0.325. The van der Waals surface area contributed by atoms with Gasteiger partial charge in [0.2, 0.25) is 0 Å². The number of oxime groups is 1. The number of amides is 1. The highest BCUT2D eigenvalue weighted by Crippen LogP contribution is 1.97. The van der Waals surface area contributed by atoms with Crippen molar-refractivity contribution in [2.75, 3.05) is 0 Å². The van der Waals surface area contributed by atoms with Crippen molar-refractivity contribution in [3.05, 3.63) is 18.2 Å². The van der Waals surface area contributed by atoms with Crippen molar-refractivity contribution >= 4 is 11.7 Å². The molecule has 7 heteroatoms. The monoisotopic (exact) mass is 225 g/mol. The highest BCUT2D eigenvalue weighted by atomic mass is 16.4. The van der Waals surface area contributed by atoms with Gasteiger partial charge in [0.1, 0.15) is 11.5 Å². The number of hydrogen-bond acceptors (Lipinski definition) is 4. The van der Waals surface area contributed by atoms with E-state index in [2.05, 4.69) is 15.5 Å². The highest BCUT2D eigenvalue weighted by Gasteiger charge is 2.12. The van der Waals surface area contributed by atoms with Crippen LogP contribution in [0.2, 0.25) is 0 Å². The largest absolute Gasteiger partial charge is 0.409 e. The van der Waals surface area contributed by atoms with Crippen molar-refractivity contribution in [2.24, 2.45) is 17.9 Å². The minimum atomic E-state index is -0.279. The molecule has 0 radical (unpaired) electrons. The molecule has 0 fully saturated rings. The first-order chi connectivity index (χ1) is 7.52. The summed E-state index contributed by atoms with van der Waals surface area (Å²) in [6.45, 7) is 1.76. The van der Waals surface area contributed by atoms with E-state index in [0.29, 0.717) is 5.69 Å². The first-order valence-electron chi connectivity index (χ1n) is 4.78. The molecule has 7 nitrogen and oxygen atoms in total. The molecule has 0 bridgehead atoms.